The molecule has 4 heteroatoms. The van der Waals surface area contributed by atoms with Crippen molar-refractivity contribution >= 4 is 23.1 Å². The van der Waals surface area contributed by atoms with Gasteiger partial charge in [0.25, 0.3) is 0 Å². The molecule has 0 amide bonds. The maximum atomic E-state index is 6.35. The molecule has 0 atom stereocenters. The summed E-state index contributed by atoms with van der Waals surface area (Å²) >= 11 is 6.35. The largest absolute Gasteiger partial charge is 0.365 e. The van der Waals surface area contributed by atoms with E-state index in [1.165, 1.54) is 0 Å². The Balaban J connectivity index is 2.27. The SMILES string of the molecule is CC(C)(C)Nc1c(-c2ccccc2Cl)nc2ccccn12. The minimum atomic E-state index is -0.0676. The van der Waals surface area contributed by atoms with Gasteiger partial charge < -0.3 is 5.32 Å². The highest BCUT2D eigenvalue weighted by atomic mass is 35.5. The van der Waals surface area contributed by atoms with Gasteiger partial charge in [0.05, 0.1) is 5.02 Å². The van der Waals surface area contributed by atoms with Crippen LogP contribution in [0.5, 0.6) is 0 Å². The number of hydrogen-bond acceptors (Lipinski definition) is 2. The maximum absolute atomic E-state index is 6.35. The predicted molar refractivity (Wildman–Crippen MR) is 89.0 cm³/mol. The lowest BCUT2D eigenvalue weighted by Crippen LogP contribution is -2.27. The van der Waals surface area contributed by atoms with E-state index in [2.05, 4.69) is 30.5 Å². The van der Waals surface area contributed by atoms with Gasteiger partial charge in [0, 0.05) is 17.3 Å². The molecule has 0 bridgehead atoms. The summed E-state index contributed by atoms with van der Waals surface area (Å²) in [6.45, 7) is 6.39. The topological polar surface area (TPSA) is 29.3 Å². The lowest BCUT2D eigenvalue weighted by molar-refractivity contribution is 0.629. The number of aromatic nitrogens is 2. The van der Waals surface area contributed by atoms with Crippen LogP contribution in [0.1, 0.15) is 20.8 Å². The molecule has 0 fully saturated rings. The van der Waals surface area contributed by atoms with Crippen LogP contribution in [0.4, 0.5) is 5.82 Å². The first kappa shape index (κ1) is 14.0. The van der Waals surface area contributed by atoms with Crippen molar-refractivity contribution in [1.82, 2.24) is 9.38 Å². The molecular weight excluding hydrogens is 282 g/mol. The first-order chi connectivity index (χ1) is 9.96. The van der Waals surface area contributed by atoms with E-state index in [1.807, 2.05) is 48.7 Å². The van der Waals surface area contributed by atoms with E-state index < -0.39 is 0 Å². The Labute approximate surface area is 129 Å². The van der Waals surface area contributed by atoms with Gasteiger partial charge in [-0.1, -0.05) is 35.9 Å². The second-order valence-electron chi connectivity index (χ2n) is 6.09. The van der Waals surface area contributed by atoms with Crippen molar-refractivity contribution in [3.05, 3.63) is 53.7 Å². The highest BCUT2D eigenvalue weighted by Gasteiger charge is 2.20. The molecule has 2 heterocycles. The fraction of sp³-hybridized carbons (Fsp3) is 0.235. The minimum Gasteiger partial charge on any atom is -0.365 e. The summed E-state index contributed by atoms with van der Waals surface area (Å²) in [5, 5.41) is 4.25. The predicted octanol–water partition coefficient (Wildman–Crippen LogP) is 4.87. The van der Waals surface area contributed by atoms with Crippen LogP contribution in [0.3, 0.4) is 0 Å². The van der Waals surface area contributed by atoms with Gasteiger partial charge in [-0.3, -0.25) is 4.40 Å². The number of benzene rings is 1. The van der Waals surface area contributed by atoms with E-state index in [0.29, 0.717) is 5.02 Å². The highest BCUT2D eigenvalue weighted by molar-refractivity contribution is 6.33. The number of hydrogen-bond donors (Lipinski definition) is 1. The van der Waals surface area contributed by atoms with Crippen molar-refractivity contribution in [3.8, 4) is 11.3 Å². The number of pyridine rings is 1. The molecule has 108 valence electrons. The molecule has 3 nitrogen and oxygen atoms in total. The Bertz CT molecular complexity index is 784. The molecule has 0 spiro atoms. The van der Waals surface area contributed by atoms with Crippen molar-refractivity contribution in [1.29, 1.82) is 0 Å². The lowest BCUT2D eigenvalue weighted by Gasteiger charge is -2.22. The van der Waals surface area contributed by atoms with Crippen molar-refractivity contribution in [2.75, 3.05) is 5.32 Å². The van der Waals surface area contributed by atoms with Crippen molar-refractivity contribution < 1.29 is 0 Å². The van der Waals surface area contributed by atoms with Crippen LogP contribution in [0.2, 0.25) is 5.02 Å². The van der Waals surface area contributed by atoms with Crippen LogP contribution in [-0.4, -0.2) is 14.9 Å². The molecule has 0 aliphatic carbocycles. The molecule has 1 N–H and O–H groups in total. The Morgan fingerprint density at radius 3 is 2.48 bits per heavy atom. The fourth-order valence-electron chi connectivity index (χ4n) is 2.31. The summed E-state index contributed by atoms with van der Waals surface area (Å²) in [6.07, 6.45) is 2.01. The van der Waals surface area contributed by atoms with Gasteiger partial charge in [0.1, 0.15) is 17.2 Å². The fourth-order valence-corrected chi connectivity index (χ4v) is 2.54. The summed E-state index contributed by atoms with van der Waals surface area (Å²) in [7, 11) is 0. The number of halogens is 1. The first-order valence-electron chi connectivity index (χ1n) is 6.96. The third kappa shape index (κ3) is 2.74. The summed E-state index contributed by atoms with van der Waals surface area (Å²) in [5.41, 5.74) is 2.65. The third-order valence-corrected chi connectivity index (χ3v) is 3.48. The van der Waals surface area contributed by atoms with Crippen LogP contribution in [-0.2, 0) is 0 Å². The average molecular weight is 300 g/mol. The molecule has 1 aromatic carbocycles. The van der Waals surface area contributed by atoms with E-state index in [4.69, 9.17) is 16.6 Å². The minimum absolute atomic E-state index is 0.0676. The molecule has 0 aliphatic rings. The summed E-state index contributed by atoms with van der Waals surface area (Å²) in [6, 6.07) is 13.8. The van der Waals surface area contributed by atoms with Crippen LogP contribution < -0.4 is 5.32 Å². The van der Waals surface area contributed by atoms with E-state index in [1.54, 1.807) is 0 Å². The summed E-state index contributed by atoms with van der Waals surface area (Å²) in [5.74, 6) is 0.964. The second kappa shape index (κ2) is 5.08. The molecule has 0 saturated carbocycles. The normalized spacial score (nSPS) is 11.8. The van der Waals surface area contributed by atoms with E-state index in [9.17, 15) is 0 Å². The van der Waals surface area contributed by atoms with Gasteiger partial charge in [-0.05, 0) is 39.0 Å². The van der Waals surface area contributed by atoms with Gasteiger partial charge in [-0.25, -0.2) is 4.98 Å². The van der Waals surface area contributed by atoms with Gasteiger partial charge in [-0.2, -0.15) is 0 Å². The molecule has 0 saturated heterocycles. The summed E-state index contributed by atoms with van der Waals surface area (Å²) in [4.78, 5) is 4.74. The standard InChI is InChI=1S/C17H18ClN3/c1-17(2,3)20-16-15(12-8-4-5-9-13(12)18)19-14-10-6-7-11-21(14)16/h4-11,20H,1-3H3. The summed E-state index contributed by atoms with van der Waals surface area (Å²) < 4.78 is 2.06. The first-order valence-corrected chi connectivity index (χ1v) is 7.34. The molecule has 0 radical (unpaired) electrons. The Kier molecular flexibility index (Phi) is 3.38. The van der Waals surface area contributed by atoms with E-state index >= 15 is 0 Å². The Morgan fingerprint density at radius 2 is 1.76 bits per heavy atom. The number of imidazole rings is 1. The number of nitrogens with zero attached hydrogens (tertiary/aromatic N) is 2. The lowest BCUT2D eigenvalue weighted by atomic mass is 10.1. The monoisotopic (exact) mass is 299 g/mol. The molecular formula is C17H18ClN3. The van der Waals surface area contributed by atoms with Crippen molar-refractivity contribution in [2.24, 2.45) is 0 Å². The average Bonchev–Trinajstić information content (AvgIpc) is 2.76. The number of rotatable bonds is 2. The molecule has 0 unspecified atom stereocenters. The second-order valence-corrected chi connectivity index (χ2v) is 6.50. The van der Waals surface area contributed by atoms with E-state index in [-0.39, 0.29) is 5.54 Å². The van der Waals surface area contributed by atoms with Crippen molar-refractivity contribution in [3.63, 3.8) is 0 Å². The van der Waals surface area contributed by atoms with Crippen LogP contribution in [0.25, 0.3) is 16.9 Å². The number of nitrogens with one attached hydrogen (secondary N) is 1. The highest BCUT2D eigenvalue weighted by Crippen LogP contribution is 2.34. The van der Waals surface area contributed by atoms with Crippen LogP contribution in [0, 0.1) is 0 Å². The van der Waals surface area contributed by atoms with Crippen molar-refractivity contribution in [2.45, 2.75) is 26.3 Å². The maximum Gasteiger partial charge on any atom is 0.139 e. The molecule has 3 aromatic rings. The van der Waals surface area contributed by atoms with Gasteiger partial charge in [-0.15, -0.1) is 0 Å². The number of fused-ring (bicyclic) bond motifs is 1. The zero-order valence-electron chi connectivity index (χ0n) is 12.4. The van der Waals surface area contributed by atoms with Crippen LogP contribution >= 0.6 is 11.6 Å². The molecule has 2 aromatic heterocycles. The van der Waals surface area contributed by atoms with Gasteiger partial charge in [0.15, 0.2) is 0 Å². The van der Waals surface area contributed by atoms with Crippen LogP contribution in [0.15, 0.2) is 48.7 Å². The quantitative estimate of drug-likeness (QED) is 0.732. The molecule has 0 aliphatic heterocycles. The molecule has 3 rings (SSSR count). The zero-order chi connectivity index (χ0) is 15.0. The van der Waals surface area contributed by atoms with Gasteiger partial charge >= 0.3 is 0 Å². The molecule has 21 heavy (non-hydrogen) atoms. The smallest absolute Gasteiger partial charge is 0.139 e. The number of anilines is 1. The Morgan fingerprint density at radius 1 is 1.05 bits per heavy atom. The Hall–Kier alpha value is -2.00. The zero-order valence-corrected chi connectivity index (χ0v) is 13.1. The third-order valence-electron chi connectivity index (χ3n) is 3.15. The van der Waals surface area contributed by atoms with E-state index in [0.717, 1.165) is 22.7 Å². The van der Waals surface area contributed by atoms with Gasteiger partial charge in [0.2, 0.25) is 0 Å².